The van der Waals surface area contributed by atoms with Crippen LogP contribution in [0, 0.1) is 0 Å². The van der Waals surface area contributed by atoms with Gasteiger partial charge in [0, 0.05) is 35.8 Å². The van der Waals surface area contributed by atoms with E-state index in [4.69, 9.17) is 9.47 Å². The zero-order valence-corrected chi connectivity index (χ0v) is 19.8. The molecule has 0 bridgehead atoms. The Kier molecular flexibility index (Phi) is 7.57. The molecule has 1 atom stereocenters. The molecule has 0 amide bonds. The third kappa shape index (κ3) is 4.78. The van der Waals surface area contributed by atoms with Crippen molar-refractivity contribution >= 4 is 15.9 Å². The Labute approximate surface area is 194 Å². The molecule has 0 aromatic heterocycles. The summed E-state index contributed by atoms with van der Waals surface area (Å²) in [6, 6.07) is 28.6. The van der Waals surface area contributed by atoms with E-state index >= 15 is 0 Å². The molecule has 0 radical (unpaired) electrons. The fourth-order valence-corrected chi connectivity index (χ4v) is 5.15. The smallest absolute Gasteiger partial charge is 0.184 e. The molecule has 31 heavy (non-hydrogen) atoms. The Morgan fingerprint density at radius 2 is 1.42 bits per heavy atom. The molecule has 162 valence electrons. The molecule has 4 rings (SSSR count). The lowest BCUT2D eigenvalue weighted by Gasteiger charge is -2.47. The Morgan fingerprint density at radius 1 is 0.839 bits per heavy atom. The van der Waals surface area contributed by atoms with Gasteiger partial charge in [-0.2, -0.15) is 0 Å². The molecule has 0 N–H and O–H groups in total. The summed E-state index contributed by atoms with van der Waals surface area (Å²) in [5.41, 5.74) is 5.01. The molecule has 3 aromatic rings. The number of hydrogen-bond donors (Lipinski definition) is 0. The van der Waals surface area contributed by atoms with E-state index in [1.807, 2.05) is 13.8 Å². The minimum atomic E-state index is -0.350. The molecule has 3 aromatic carbocycles. The molecule has 1 heterocycles. The normalized spacial score (nSPS) is 16.6. The van der Waals surface area contributed by atoms with E-state index in [1.54, 1.807) is 0 Å². The van der Waals surface area contributed by atoms with Crippen molar-refractivity contribution in [2.24, 2.45) is 0 Å². The van der Waals surface area contributed by atoms with E-state index in [-0.39, 0.29) is 12.3 Å². The first-order chi connectivity index (χ1) is 15.2. The standard InChI is InChI=1S/C27H30BrNO2/c1-3-30-27(31-4-2)23-17-11-16-22(25(23)28)24-18-19-29(24)26(20-12-7-5-8-13-20)21-14-9-6-10-15-21/h5-17,24,26-27H,3-4,18-19H2,1-2H3. The zero-order chi connectivity index (χ0) is 21.6. The molecule has 0 aliphatic carbocycles. The van der Waals surface area contributed by atoms with E-state index in [1.165, 1.54) is 16.7 Å². The maximum atomic E-state index is 5.88. The lowest BCUT2D eigenvalue weighted by Crippen LogP contribution is -2.44. The summed E-state index contributed by atoms with van der Waals surface area (Å²) >= 11 is 3.90. The molecular weight excluding hydrogens is 450 g/mol. The van der Waals surface area contributed by atoms with Crippen molar-refractivity contribution in [2.75, 3.05) is 19.8 Å². The van der Waals surface area contributed by atoms with Crippen LogP contribution in [-0.2, 0) is 9.47 Å². The molecule has 1 unspecified atom stereocenters. The molecular formula is C27H30BrNO2. The van der Waals surface area contributed by atoms with Gasteiger partial charge in [0.2, 0.25) is 0 Å². The quantitative estimate of drug-likeness (QED) is 0.306. The zero-order valence-electron chi connectivity index (χ0n) is 18.2. The van der Waals surface area contributed by atoms with Gasteiger partial charge in [-0.25, -0.2) is 0 Å². The maximum Gasteiger partial charge on any atom is 0.184 e. The van der Waals surface area contributed by atoms with Gasteiger partial charge >= 0.3 is 0 Å². The van der Waals surface area contributed by atoms with Crippen molar-refractivity contribution in [3.05, 3.63) is 106 Å². The van der Waals surface area contributed by atoms with Crippen molar-refractivity contribution in [1.82, 2.24) is 4.90 Å². The van der Waals surface area contributed by atoms with Crippen molar-refractivity contribution in [2.45, 2.75) is 38.6 Å². The van der Waals surface area contributed by atoms with E-state index in [0.717, 1.165) is 23.0 Å². The predicted molar refractivity (Wildman–Crippen MR) is 129 cm³/mol. The highest BCUT2D eigenvalue weighted by Gasteiger charge is 2.38. The van der Waals surface area contributed by atoms with E-state index in [9.17, 15) is 0 Å². The Hall–Kier alpha value is -1.98. The summed E-state index contributed by atoms with van der Waals surface area (Å²) in [5.74, 6) is 0. The van der Waals surface area contributed by atoms with Gasteiger partial charge in [0.1, 0.15) is 0 Å². The lowest BCUT2D eigenvalue weighted by molar-refractivity contribution is -0.140. The number of halogens is 1. The second-order valence-electron chi connectivity index (χ2n) is 7.76. The van der Waals surface area contributed by atoms with Crippen molar-refractivity contribution in [1.29, 1.82) is 0 Å². The number of hydrogen-bond acceptors (Lipinski definition) is 3. The number of benzene rings is 3. The lowest BCUT2D eigenvalue weighted by atomic mass is 9.87. The van der Waals surface area contributed by atoms with Crippen LogP contribution in [0.25, 0.3) is 0 Å². The first-order valence-electron chi connectivity index (χ1n) is 11.1. The van der Waals surface area contributed by atoms with E-state index < -0.39 is 0 Å². The minimum Gasteiger partial charge on any atom is -0.349 e. The first kappa shape index (κ1) is 22.2. The van der Waals surface area contributed by atoms with Crippen LogP contribution < -0.4 is 0 Å². The Bertz CT molecular complexity index is 918. The van der Waals surface area contributed by atoms with Crippen LogP contribution >= 0.6 is 15.9 Å². The third-order valence-electron chi connectivity index (χ3n) is 5.93. The van der Waals surface area contributed by atoms with Gasteiger partial charge in [0.25, 0.3) is 0 Å². The first-order valence-corrected chi connectivity index (χ1v) is 11.9. The molecule has 3 nitrogen and oxygen atoms in total. The minimum absolute atomic E-state index is 0.228. The largest absolute Gasteiger partial charge is 0.349 e. The molecule has 1 saturated heterocycles. The van der Waals surface area contributed by atoms with Crippen molar-refractivity contribution < 1.29 is 9.47 Å². The van der Waals surface area contributed by atoms with Gasteiger partial charge in [-0.05, 0) is 52.9 Å². The van der Waals surface area contributed by atoms with Crippen LogP contribution in [0.2, 0.25) is 0 Å². The number of likely N-dealkylation sites (tertiary alicyclic amines) is 1. The Balaban J connectivity index is 1.69. The van der Waals surface area contributed by atoms with Gasteiger partial charge in [-0.3, -0.25) is 4.90 Å². The SMILES string of the molecule is CCOC(OCC)c1cccc(C2CCN2C(c2ccccc2)c2ccccc2)c1Br. The summed E-state index contributed by atoms with van der Waals surface area (Å²) in [6.45, 7) is 6.29. The van der Waals surface area contributed by atoms with Crippen LogP contribution in [-0.4, -0.2) is 24.7 Å². The molecule has 0 saturated carbocycles. The molecule has 0 spiro atoms. The average molecular weight is 480 g/mol. The molecule has 4 heteroatoms. The van der Waals surface area contributed by atoms with Gasteiger partial charge in [0.05, 0.1) is 6.04 Å². The highest BCUT2D eigenvalue weighted by atomic mass is 79.9. The fourth-order valence-electron chi connectivity index (χ4n) is 4.43. The Morgan fingerprint density at radius 3 is 1.90 bits per heavy atom. The third-order valence-corrected chi connectivity index (χ3v) is 6.85. The second kappa shape index (κ2) is 10.6. The topological polar surface area (TPSA) is 21.7 Å². The summed E-state index contributed by atoms with van der Waals surface area (Å²) in [5, 5.41) is 0. The number of rotatable bonds is 9. The van der Waals surface area contributed by atoms with Crippen LogP contribution in [0.4, 0.5) is 0 Å². The van der Waals surface area contributed by atoms with Gasteiger partial charge in [0.15, 0.2) is 6.29 Å². The second-order valence-corrected chi connectivity index (χ2v) is 8.55. The van der Waals surface area contributed by atoms with Gasteiger partial charge in [-0.1, -0.05) is 78.9 Å². The van der Waals surface area contributed by atoms with Crippen molar-refractivity contribution in [3.8, 4) is 0 Å². The van der Waals surface area contributed by atoms with Crippen LogP contribution in [0.1, 0.15) is 60.9 Å². The highest BCUT2D eigenvalue weighted by molar-refractivity contribution is 9.10. The summed E-state index contributed by atoms with van der Waals surface area (Å²) < 4.78 is 12.9. The maximum absolute atomic E-state index is 5.88. The van der Waals surface area contributed by atoms with Crippen LogP contribution in [0.15, 0.2) is 83.3 Å². The van der Waals surface area contributed by atoms with Gasteiger partial charge < -0.3 is 9.47 Å². The number of ether oxygens (including phenoxy) is 2. The summed E-state index contributed by atoms with van der Waals surface area (Å²) in [6.07, 6.45) is 0.781. The van der Waals surface area contributed by atoms with Crippen molar-refractivity contribution in [3.63, 3.8) is 0 Å². The van der Waals surface area contributed by atoms with E-state index in [0.29, 0.717) is 19.3 Å². The van der Waals surface area contributed by atoms with Crippen LogP contribution in [0.5, 0.6) is 0 Å². The molecule has 1 aliphatic heterocycles. The predicted octanol–water partition coefficient (Wildman–Crippen LogP) is 7.06. The number of nitrogens with zero attached hydrogens (tertiary/aromatic N) is 1. The molecule has 1 aliphatic rings. The summed E-state index contributed by atoms with van der Waals surface area (Å²) in [4.78, 5) is 2.60. The highest BCUT2D eigenvalue weighted by Crippen LogP contribution is 2.46. The fraction of sp³-hybridized carbons (Fsp3) is 0.333. The monoisotopic (exact) mass is 479 g/mol. The summed E-state index contributed by atoms with van der Waals surface area (Å²) in [7, 11) is 0. The van der Waals surface area contributed by atoms with E-state index in [2.05, 4.69) is 99.7 Å². The molecule has 1 fully saturated rings. The van der Waals surface area contributed by atoms with Crippen LogP contribution in [0.3, 0.4) is 0 Å². The average Bonchev–Trinajstić information content (AvgIpc) is 2.79. The van der Waals surface area contributed by atoms with Gasteiger partial charge in [-0.15, -0.1) is 0 Å².